The second-order valence-electron chi connectivity index (χ2n) is 16.4. The molecule has 2 atom stereocenters. The van der Waals surface area contributed by atoms with E-state index in [0.29, 0.717) is 11.8 Å². The molecule has 0 saturated heterocycles. The molecule has 55 heavy (non-hydrogen) atoms. The topological polar surface area (TPSA) is 14.8 Å². The van der Waals surface area contributed by atoms with Gasteiger partial charge < -0.3 is 13.7 Å². The van der Waals surface area contributed by atoms with Crippen molar-refractivity contribution >= 4 is 32.7 Å². The standard InChI is InChI=1S/C35H30N2.C17H15N/c1-20-13-15-30-28(17-20)32-24-11-7-5-9-22(24)26(34(32)36(30)3)19-27-23-10-6-8-12-25(23)33-29-18-21(2)14-16-31(29)37(4)35(27)33;1-11-7-8-15-14(9-11)17-13-6-4-3-5-12(13)10-16(17)18(15)2/h5-18,26-27H,19H2,1-4H3;3-9H,10H2,1-2H3. The van der Waals surface area contributed by atoms with E-state index in [1.807, 2.05) is 0 Å². The van der Waals surface area contributed by atoms with E-state index in [0.717, 1.165) is 12.8 Å². The first-order valence-corrected chi connectivity index (χ1v) is 19.8. The first-order chi connectivity index (χ1) is 26.8. The molecule has 3 heteroatoms. The molecule has 0 saturated carbocycles. The molecule has 0 N–H and O–H groups in total. The molecule has 2 unspecified atom stereocenters. The zero-order valence-corrected chi connectivity index (χ0v) is 32.5. The van der Waals surface area contributed by atoms with Gasteiger partial charge in [-0.15, -0.1) is 0 Å². The zero-order chi connectivity index (χ0) is 37.3. The summed E-state index contributed by atoms with van der Waals surface area (Å²) in [5.74, 6) is 0.709. The highest BCUT2D eigenvalue weighted by Gasteiger charge is 2.40. The first kappa shape index (κ1) is 32.4. The van der Waals surface area contributed by atoms with E-state index in [4.69, 9.17) is 0 Å². The fourth-order valence-corrected chi connectivity index (χ4v) is 10.8. The predicted molar refractivity (Wildman–Crippen MR) is 230 cm³/mol. The molecule has 3 heterocycles. The molecule has 268 valence electrons. The van der Waals surface area contributed by atoms with Crippen LogP contribution in [0.1, 0.15) is 68.7 Å². The summed E-state index contributed by atoms with van der Waals surface area (Å²) in [5, 5.41) is 4.18. The Bertz CT molecular complexity index is 2930. The molecule has 6 aromatic carbocycles. The van der Waals surface area contributed by atoms with E-state index < -0.39 is 0 Å². The van der Waals surface area contributed by atoms with Gasteiger partial charge in [-0.3, -0.25) is 0 Å². The van der Waals surface area contributed by atoms with Crippen LogP contribution >= 0.6 is 0 Å². The van der Waals surface area contributed by atoms with Gasteiger partial charge in [-0.05, 0) is 97.0 Å². The van der Waals surface area contributed by atoms with Crippen molar-refractivity contribution in [2.75, 3.05) is 0 Å². The molecule has 0 aliphatic heterocycles. The summed E-state index contributed by atoms with van der Waals surface area (Å²) >= 11 is 0. The van der Waals surface area contributed by atoms with Crippen LogP contribution in [0.4, 0.5) is 0 Å². The van der Waals surface area contributed by atoms with Crippen molar-refractivity contribution in [3.05, 3.63) is 178 Å². The van der Waals surface area contributed by atoms with Crippen LogP contribution in [0.2, 0.25) is 0 Å². The molecule has 3 aliphatic carbocycles. The Kier molecular flexibility index (Phi) is 6.90. The minimum atomic E-state index is 0.354. The van der Waals surface area contributed by atoms with Crippen molar-refractivity contribution in [2.45, 2.75) is 45.4 Å². The fourth-order valence-electron chi connectivity index (χ4n) is 10.8. The van der Waals surface area contributed by atoms with Gasteiger partial charge in [0.2, 0.25) is 0 Å². The maximum absolute atomic E-state index is 2.47. The number of rotatable bonds is 2. The highest BCUT2D eigenvalue weighted by Crippen LogP contribution is 2.57. The van der Waals surface area contributed by atoms with Crippen molar-refractivity contribution in [3.63, 3.8) is 0 Å². The predicted octanol–water partition coefficient (Wildman–Crippen LogP) is 12.7. The Morgan fingerprint density at radius 2 is 0.873 bits per heavy atom. The lowest BCUT2D eigenvalue weighted by Crippen LogP contribution is -2.11. The summed E-state index contributed by atoms with van der Waals surface area (Å²) in [7, 11) is 6.72. The van der Waals surface area contributed by atoms with Gasteiger partial charge in [0.05, 0.1) is 0 Å². The quantitative estimate of drug-likeness (QED) is 0.170. The summed E-state index contributed by atoms with van der Waals surface area (Å²) < 4.78 is 7.30. The third-order valence-electron chi connectivity index (χ3n) is 13.3. The Labute approximate surface area is 323 Å². The smallest absolute Gasteiger partial charge is 0.0486 e. The Morgan fingerprint density at radius 1 is 0.455 bits per heavy atom. The van der Waals surface area contributed by atoms with E-state index in [9.17, 15) is 0 Å². The average molecular weight is 712 g/mol. The van der Waals surface area contributed by atoms with Crippen LogP contribution in [-0.2, 0) is 27.6 Å². The van der Waals surface area contributed by atoms with Crippen LogP contribution in [0.15, 0.2) is 127 Å². The van der Waals surface area contributed by atoms with Gasteiger partial charge in [0.15, 0.2) is 0 Å². The van der Waals surface area contributed by atoms with Gasteiger partial charge in [-0.1, -0.05) is 108 Å². The van der Waals surface area contributed by atoms with Gasteiger partial charge in [-0.2, -0.15) is 0 Å². The molecule has 0 radical (unpaired) electrons. The first-order valence-electron chi connectivity index (χ1n) is 19.8. The van der Waals surface area contributed by atoms with E-state index in [1.165, 1.54) is 117 Å². The third kappa shape index (κ3) is 4.50. The third-order valence-corrected chi connectivity index (χ3v) is 13.3. The number of hydrogen-bond acceptors (Lipinski definition) is 0. The maximum atomic E-state index is 2.47. The van der Waals surface area contributed by atoms with Crippen LogP contribution in [0.3, 0.4) is 0 Å². The van der Waals surface area contributed by atoms with Crippen molar-refractivity contribution < 1.29 is 0 Å². The molecular weight excluding hydrogens is 667 g/mol. The highest BCUT2D eigenvalue weighted by molar-refractivity contribution is 6.04. The molecule has 0 fully saturated rings. The van der Waals surface area contributed by atoms with Gasteiger partial charge in [0.1, 0.15) is 0 Å². The minimum Gasteiger partial charge on any atom is -0.347 e. The van der Waals surface area contributed by atoms with Gasteiger partial charge in [0, 0.05) is 106 Å². The largest absolute Gasteiger partial charge is 0.347 e. The van der Waals surface area contributed by atoms with Crippen molar-refractivity contribution in [1.82, 2.24) is 13.7 Å². The Morgan fingerprint density at radius 3 is 1.38 bits per heavy atom. The second kappa shape index (κ2) is 11.7. The normalized spacial score (nSPS) is 15.8. The van der Waals surface area contributed by atoms with Crippen LogP contribution in [0.25, 0.3) is 66.1 Å². The van der Waals surface area contributed by atoms with Crippen molar-refractivity contribution in [2.24, 2.45) is 21.1 Å². The molecule has 12 rings (SSSR count). The molecule has 3 nitrogen and oxygen atoms in total. The van der Waals surface area contributed by atoms with Crippen molar-refractivity contribution in [1.29, 1.82) is 0 Å². The Hall–Kier alpha value is -6.06. The lowest BCUT2D eigenvalue weighted by molar-refractivity contribution is 0.610. The van der Waals surface area contributed by atoms with E-state index in [2.05, 4.69) is 183 Å². The summed E-state index contributed by atoms with van der Waals surface area (Å²) in [6, 6.07) is 47.6. The van der Waals surface area contributed by atoms with E-state index in [-0.39, 0.29) is 0 Å². The fraction of sp³-hybridized carbons (Fsp3) is 0.192. The number of benzene rings is 6. The summed E-state index contributed by atoms with van der Waals surface area (Å²) in [5.41, 5.74) is 25.4. The SMILES string of the molecule is Cc1ccc2c(c1)c1c(n2C)C(CC2c3ccccc3-c3c2n(C)c2ccc(C)cc32)c2ccccc2-1.Cc1ccc2c(c1)c1c(n2C)Cc2ccccc2-1. The molecule has 3 aliphatic rings. The number of hydrogen-bond donors (Lipinski definition) is 0. The number of fused-ring (bicyclic) bond motifs is 15. The van der Waals surface area contributed by atoms with Crippen LogP contribution in [-0.4, -0.2) is 13.7 Å². The Balaban J connectivity index is 0.000000163. The molecule has 0 bridgehead atoms. The molecular formula is C52H45N3. The summed E-state index contributed by atoms with van der Waals surface area (Å²) in [4.78, 5) is 0. The monoisotopic (exact) mass is 711 g/mol. The lowest BCUT2D eigenvalue weighted by Gasteiger charge is -2.22. The second-order valence-corrected chi connectivity index (χ2v) is 16.4. The number of aromatic nitrogens is 3. The number of nitrogens with zero attached hydrogens (tertiary/aromatic N) is 3. The van der Waals surface area contributed by atoms with Crippen LogP contribution in [0, 0.1) is 20.8 Å². The average Bonchev–Trinajstić information content (AvgIpc) is 4.00. The van der Waals surface area contributed by atoms with E-state index in [1.54, 1.807) is 0 Å². The highest BCUT2D eigenvalue weighted by atomic mass is 15.0. The van der Waals surface area contributed by atoms with Gasteiger partial charge >= 0.3 is 0 Å². The maximum Gasteiger partial charge on any atom is 0.0486 e. The van der Waals surface area contributed by atoms with Gasteiger partial charge in [0.25, 0.3) is 0 Å². The molecule has 3 aromatic heterocycles. The summed E-state index contributed by atoms with van der Waals surface area (Å²) in [6.45, 7) is 6.57. The van der Waals surface area contributed by atoms with Crippen molar-refractivity contribution in [3.8, 4) is 33.4 Å². The summed E-state index contributed by atoms with van der Waals surface area (Å²) in [6.07, 6.45) is 2.13. The van der Waals surface area contributed by atoms with Crippen LogP contribution < -0.4 is 0 Å². The van der Waals surface area contributed by atoms with Crippen LogP contribution in [0.5, 0.6) is 0 Å². The zero-order valence-electron chi connectivity index (χ0n) is 32.5. The molecule has 0 spiro atoms. The molecule has 0 amide bonds. The number of aryl methyl sites for hydroxylation is 6. The molecule has 9 aromatic rings. The minimum absolute atomic E-state index is 0.354. The lowest BCUT2D eigenvalue weighted by atomic mass is 9.85. The van der Waals surface area contributed by atoms with E-state index >= 15 is 0 Å². The van der Waals surface area contributed by atoms with Gasteiger partial charge in [-0.25, -0.2) is 0 Å².